The molecule has 3 aromatic carbocycles. The lowest BCUT2D eigenvalue weighted by molar-refractivity contribution is -0.122. The van der Waals surface area contributed by atoms with Crippen LogP contribution in [0, 0.1) is 19.8 Å². The van der Waals surface area contributed by atoms with Crippen molar-refractivity contribution in [2.24, 2.45) is 5.92 Å². The molecule has 3 aromatic rings. The normalized spacial score (nSPS) is 16.7. The summed E-state index contributed by atoms with van der Waals surface area (Å²) in [6.07, 6.45) is 0.240. The molecule has 1 aliphatic heterocycles. The number of aryl methyl sites for hydroxylation is 2. The number of anilines is 2. The van der Waals surface area contributed by atoms with Crippen molar-refractivity contribution in [2.45, 2.75) is 20.3 Å². The third-order valence-electron chi connectivity index (χ3n) is 5.25. The molecule has 0 spiro atoms. The maximum Gasteiger partial charge on any atom is 0.229 e. The molecule has 136 valence electrons. The Hall–Kier alpha value is -3.14. The number of carbonyl (C=O) groups excluding carboxylic acids is 2. The van der Waals surface area contributed by atoms with Gasteiger partial charge in [0.1, 0.15) is 0 Å². The number of nitrogens with one attached hydrogen (secondary N) is 1. The van der Waals surface area contributed by atoms with E-state index in [0.29, 0.717) is 6.54 Å². The first-order chi connectivity index (χ1) is 13.0. The highest BCUT2D eigenvalue weighted by Gasteiger charge is 2.36. The molecule has 1 atom stereocenters. The molecule has 4 nitrogen and oxygen atoms in total. The number of para-hydroxylation sites is 1. The second-order valence-corrected chi connectivity index (χ2v) is 7.16. The fourth-order valence-corrected chi connectivity index (χ4v) is 3.90. The Morgan fingerprint density at radius 2 is 1.63 bits per heavy atom. The molecule has 1 unspecified atom stereocenters. The van der Waals surface area contributed by atoms with Gasteiger partial charge in [-0.3, -0.25) is 9.59 Å². The summed E-state index contributed by atoms with van der Waals surface area (Å²) in [5.41, 5.74) is 3.83. The van der Waals surface area contributed by atoms with Gasteiger partial charge >= 0.3 is 0 Å². The molecule has 0 aliphatic carbocycles. The number of hydrogen-bond donors (Lipinski definition) is 1. The zero-order valence-electron chi connectivity index (χ0n) is 15.5. The van der Waals surface area contributed by atoms with Crippen LogP contribution in [0.25, 0.3) is 10.8 Å². The van der Waals surface area contributed by atoms with Crippen LogP contribution in [0.1, 0.15) is 17.5 Å². The summed E-state index contributed by atoms with van der Waals surface area (Å²) in [7, 11) is 0. The van der Waals surface area contributed by atoms with Gasteiger partial charge < -0.3 is 10.2 Å². The van der Waals surface area contributed by atoms with Crippen LogP contribution in [0.5, 0.6) is 0 Å². The van der Waals surface area contributed by atoms with E-state index in [4.69, 9.17) is 0 Å². The maximum atomic E-state index is 12.9. The number of nitrogens with zero attached hydrogens (tertiary/aromatic N) is 1. The number of benzene rings is 3. The second kappa shape index (κ2) is 6.88. The van der Waals surface area contributed by atoms with Crippen molar-refractivity contribution in [2.75, 3.05) is 16.8 Å². The standard InChI is InChI=1S/C23H22N2O2/c1-15-7-5-8-16(2)22(15)25-14-18(13-21(25)26)23(27)24-20-12-6-10-17-9-3-4-11-19(17)20/h3-12,18H,13-14H2,1-2H3,(H,24,27). The Labute approximate surface area is 158 Å². The van der Waals surface area contributed by atoms with E-state index in [1.165, 1.54) is 0 Å². The fourth-order valence-electron chi connectivity index (χ4n) is 3.90. The molecular formula is C23H22N2O2. The van der Waals surface area contributed by atoms with Crippen molar-refractivity contribution in [1.82, 2.24) is 0 Å². The maximum absolute atomic E-state index is 12.9. The average molecular weight is 358 g/mol. The number of fused-ring (bicyclic) bond motifs is 1. The third kappa shape index (κ3) is 3.19. The molecule has 1 fully saturated rings. The van der Waals surface area contributed by atoms with Crippen LogP contribution < -0.4 is 10.2 Å². The van der Waals surface area contributed by atoms with Crippen LogP contribution >= 0.6 is 0 Å². The van der Waals surface area contributed by atoms with E-state index in [2.05, 4.69) is 5.32 Å². The molecule has 4 heteroatoms. The van der Waals surface area contributed by atoms with Crippen LogP contribution in [0.2, 0.25) is 0 Å². The molecule has 2 amide bonds. The smallest absolute Gasteiger partial charge is 0.229 e. The topological polar surface area (TPSA) is 49.4 Å². The van der Waals surface area contributed by atoms with Gasteiger partial charge in [-0.2, -0.15) is 0 Å². The highest BCUT2D eigenvalue weighted by atomic mass is 16.2. The molecule has 0 saturated carbocycles. The molecule has 1 aliphatic rings. The number of amides is 2. The summed E-state index contributed by atoms with van der Waals surface area (Å²) in [5.74, 6) is -0.450. The summed E-state index contributed by atoms with van der Waals surface area (Å²) in [5, 5.41) is 5.11. The van der Waals surface area contributed by atoms with Crippen LogP contribution in [0.15, 0.2) is 60.7 Å². The number of hydrogen-bond acceptors (Lipinski definition) is 2. The van der Waals surface area contributed by atoms with Crippen molar-refractivity contribution in [3.05, 3.63) is 71.8 Å². The lowest BCUT2D eigenvalue weighted by Gasteiger charge is -2.21. The Morgan fingerprint density at radius 3 is 2.41 bits per heavy atom. The predicted molar refractivity (Wildman–Crippen MR) is 109 cm³/mol. The van der Waals surface area contributed by atoms with Gasteiger partial charge in [0.05, 0.1) is 5.92 Å². The Kier molecular flexibility index (Phi) is 4.40. The van der Waals surface area contributed by atoms with Crippen molar-refractivity contribution in [1.29, 1.82) is 0 Å². The molecular weight excluding hydrogens is 336 g/mol. The van der Waals surface area contributed by atoms with Crippen LogP contribution in [-0.2, 0) is 9.59 Å². The van der Waals surface area contributed by atoms with Gasteiger partial charge in [-0.25, -0.2) is 0 Å². The zero-order chi connectivity index (χ0) is 19.0. The summed E-state index contributed by atoms with van der Waals surface area (Å²) in [6.45, 7) is 4.42. The molecule has 1 N–H and O–H groups in total. The molecule has 0 aromatic heterocycles. The Morgan fingerprint density at radius 1 is 0.963 bits per heavy atom. The van der Waals surface area contributed by atoms with Gasteiger partial charge in [0.25, 0.3) is 0 Å². The highest BCUT2D eigenvalue weighted by Crippen LogP contribution is 2.32. The van der Waals surface area contributed by atoms with Gasteiger partial charge in [0, 0.05) is 29.7 Å². The van der Waals surface area contributed by atoms with Crippen molar-refractivity contribution >= 4 is 34.0 Å². The van der Waals surface area contributed by atoms with E-state index >= 15 is 0 Å². The van der Waals surface area contributed by atoms with Gasteiger partial charge in [0.15, 0.2) is 0 Å². The molecule has 27 heavy (non-hydrogen) atoms. The monoisotopic (exact) mass is 358 g/mol. The molecule has 1 heterocycles. The fraction of sp³-hybridized carbons (Fsp3) is 0.217. The van der Waals surface area contributed by atoms with Crippen LogP contribution in [-0.4, -0.2) is 18.4 Å². The molecule has 0 bridgehead atoms. The van der Waals surface area contributed by atoms with E-state index in [1.807, 2.05) is 74.5 Å². The lowest BCUT2D eigenvalue weighted by Crippen LogP contribution is -2.29. The van der Waals surface area contributed by atoms with Gasteiger partial charge in [0.2, 0.25) is 11.8 Å². The van der Waals surface area contributed by atoms with Gasteiger partial charge in [-0.15, -0.1) is 0 Å². The minimum atomic E-state index is -0.351. The minimum absolute atomic E-state index is 0.00506. The van der Waals surface area contributed by atoms with Gasteiger partial charge in [-0.05, 0) is 36.4 Å². The van der Waals surface area contributed by atoms with E-state index < -0.39 is 0 Å². The van der Waals surface area contributed by atoms with Crippen molar-refractivity contribution < 1.29 is 9.59 Å². The first-order valence-electron chi connectivity index (χ1n) is 9.20. The summed E-state index contributed by atoms with van der Waals surface area (Å²) in [4.78, 5) is 27.2. The first kappa shape index (κ1) is 17.3. The largest absolute Gasteiger partial charge is 0.325 e. The van der Waals surface area contributed by atoms with Crippen LogP contribution in [0.3, 0.4) is 0 Å². The third-order valence-corrected chi connectivity index (χ3v) is 5.25. The van der Waals surface area contributed by atoms with Crippen LogP contribution in [0.4, 0.5) is 11.4 Å². The van der Waals surface area contributed by atoms with E-state index in [-0.39, 0.29) is 24.2 Å². The number of carbonyl (C=O) groups is 2. The lowest BCUT2D eigenvalue weighted by atomic mass is 10.1. The van der Waals surface area contributed by atoms with Crippen molar-refractivity contribution in [3.8, 4) is 0 Å². The number of rotatable bonds is 3. The van der Waals surface area contributed by atoms with E-state index in [9.17, 15) is 9.59 Å². The SMILES string of the molecule is Cc1cccc(C)c1N1CC(C(=O)Nc2cccc3ccccc23)CC1=O. The Bertz CT molecular complexity index is 1020. The average Bonchev–Trinajstić information content (AvgIpc) is 3.04. The minimum Gasteiger partial charge on any atom is -0.325 e. The summed E-state index contributed by atoms with van der Waals surface area (Å²) in [6, 6.07) is 19.8. The van der Waals surface area contributed by atoms with Crippen molar-refractivity contribution in [3.63, 3.8) is 0 Å². The quantitative estimate of drug-likeness (QED) is 0.752. The predicted octanol–water partition coefficient (Wildman–Crippen LogP) is 4.45. The summed E-state index contributed by atoms with van der Waals surface area (Å²) < 4.78 is 0. The van der Waals surface area contributed by atoms with E-state index in [0.717, 1.165) is 33.3 Å². The second-order valence-electron chi connectivity index (χ2n) is 7.16. The Balaban J connectivity index is 1.56. The zero-order valence-corrected chi connectivity index (χ0v) is 15.5. The van der Waals surface area contributed by atoms with E-state index in [1.54, 1.807) is 4.90 Å². The summed E-state index contributed by atoms with van der Waals surface area (Å²) >= 11 is 0. The highest BCUT2D eigenvalue weighted by molar-refractivity contribution is 6.07. The molecule has 0 radical (unpaired) electrons. The first-order valence-corrected chi connectivity index (χ1v) is 9.20. The molecule has 4 rings (SSSR count). The van der Waals surface area contributed by atoms with Gasteiger partial charge in [-0.1, -0.05) is 54.6 Å². The molecule has 1 saturated heterocycles.